The predicted molar refractivity (Wildman–Crippen MR) is 116 cm³/mol. The third-order valence-electron chi connectivity index (χ3n) is 4.67. The molecule has 1 saturated heterocycles. The highest BCUT2D eigenvalue weighted by molar-refractivity contribution is 7.99. The quantitative estimate of drug-likeness (QED) is 0.764. The summed E-state index contributed by atoms with van der Waals surface area (Å²) in [6.07, 6.45) is 0.705. The molecule has 1 aliphatic rings. The van der Waals surface area contributed by atoms with Gasteiger partial charge in [0.25, 0.3) is 0 Å². The Balaban J connectivity index is 1.79. The summed E-state index contributed by atoms with van der Waals surface area (Å²) in [5.41, 5.74) is 2.27. The molecule has 0 bridgehead atoms. The summed E-state index contributed by atoms with van der Waals surface area (Å²) in [6.45, 7) is 4.07. The molecule has 1 aliphatic heterocycles. The van der Waals surface area contributed by atoms with Crippen molar-refractivity contribution in [1.29, 1.82) is 0 Å². The van der Waals surface area contributed by atoms with Gasteiger partial charge in [-0.25, -0.2) is 8.42 Å². The van der Waals surface area contributed by atoms with E-state index in [0.717, 1.165) is 10.6 Å². The number of rotatable bonds is 4. The summed E-state index contributed by atoms with van der Waals surface area (Å²) < 4.78 is 28.0. The maximum atomic E-state index is 13.2. The highest BCUT2D eigenvalue weighted by Gasteiger charge is 2.30. The van der Waals surface area contributed by atoms with Gasteiger partial charge in [-0.05, 0) is 48.7 Å². The molecule has 3 rings (SSSR count). The molecule has 2 aromatic rings. The van der Waals surface area contributed by atoms with Crippen molar-refractivity contribution in [2.75, 3.05) is 24.2 Å². The molecule has 1 fully saturated rings. The van der Waals surface area contributed by atoms with Crippen LogP contribution in [0.4, 0.5) is 5.69 Å². The zero-order chi connectivity index (χ0) is 20.3. The van der Waals surface area contributed by atoms with Crippen LogP contribution in [0.3, 0.4) is 0 Å². The maximum absolute atomic E-state index is 13.2. The van der Waals surface area contributed by atoms with Crippen LogP contribution in [0.1, 0.15) is 29.7 Å². The molecule has 28 heavy (non-hydrogen) atoms. The van der Waals surface area contributed by atoms with Gasteiger partial charge in [0.1, 0.15) is 0 Å². The Kier molecular flexibility index (Phi) is 6.70. The van der Waals surface area contributed by atoms with Crippen molar-refractivity contribution in [3.63, 3.8) is 0 Å². The van der Waals surface area contributed by atoms with Crippen molar-refractivity contribution in [1.82, 2.24) is 4.31 Å². The van der Waals surface area contributed by atoms with E-state index in [0.29, 0.717) is 36.5 Å². The Morgan fingerprint density at radius 3 is 2.64 bits per heavy atom. The van der Waals surface area contributed by atoms with Crippen LogP contribution in [0, 0.1) is 6.92 Å². The van der Waals surface area contributed by atoms with E-state index >= 15 is 0 Å². The first-order chi connectivity index (χ1) is 13.3. The van der Waals surface area contributed by atoms with Gasteiger partial charge in [0.15, 0.2) is 0 Å². The van der Waals surface area contributed by atoms with E-state index in [4.69, 9.17) is 11.6 Å². The van der Waals surface area contributed by atoms with Crippen molar-refractivity contribution in [3.8, 4) is 0 Å². The van der Waals surface area contributed by atoms with E-state index in [1.54, 1.807) is 41.2 Å². The zero-order valence-electron chi connectivity index (χ0n) is 15.8. The van der Waals surface area contributed by atoms with Gasteiger partial charge >= 0.3 is 0 Å². The molecule has 8 heteroatoms. The standard InChI is InChI=1S/C20H23ClN2O3S2/c1-14-13-16(22-15(2)24)7-8-20(14)28(25,26)23-10-9-19(27-12-11-23)17-5-3-4-6-18(17)21/h3-8,13,19H,9-12H2,1-2H3,(H,22,24). The molecule has 1 heterocycles. The Morgan fingerprint density at radius 1 is 1.21 bits per heavy atom. The normalized spacial score (nSPS) is 18.5. The first kappa shape index (κ1) is 21.2. The lowest BCUT2D eigenvalue weighted by atomic mass is 10.1. The number of halogens is 1. The summed E-state index contributed by atoms with van der Waals surface area (Å²) in [5.74, 6) is 0.517. The second kappa shape index (κ2) is 8.86. The van der Waals surface area contributed by atoms with Gasteiger partial charge in [0.05, 0.1) is 4.90 Å². The molecule has 5 nitrogen and oxygen atoms in total. The van der Waals surface area contributed by atoms with Crippen LogP contribution < -0.4 is 5.32 Å². The Morgan fingerprint density at radius 2 is 1.96 bits per heavy atom. The minimum Gasteiger partial charge on any atom is -0.326 e. The summed E-state index contributed by atoms with van der Waals surface area (Å²) >= 11 is 8.07. The van der Waals surface area contributed by atoms with E-state index in [1.165, 1.54) is 6.92 Å². The minimum atomic E-state index is -3.60. The largest absolute Gasteiger partial charge is 0.326 e. The molecule has 0 aliphatic carbocycles. The summed E-state index contributed by atoms with van der Waals surface area (Å²) in [7, 11) is -3.60. The summed E-state index contributed by atoms with van der Waals surface area (Å²) in [6, 6.07) is 12.6. The van der Waals surface area contributed by atoms with Crippen molar-refractivity contribution in [3.05, 3.63) is 58.6 Å². The van der Waals surface area contributed by atoms with Crippen molar-refractivity contribution in [2.24, 2.45) is 0 Å². The lowest BCUT2D eigenvalue weighted by Gasteiger charge is -2.21. The maximum Gasteiger partial charge on any atom is 0.243 e. The SMILES string of the molecule is CC(=O)Nc1ccc(S(=O)(=O)N2CCSC(c3ccccc3Cl)CC2)c(C)c1. The molecule has 0 radical (unpaired) electrons. The van der Waals surface area contributed by atoms with Gasteiger partial charge in [-0.1, -0.05) is 29.8 Å². The number of sulfonamides is 1. The molecule has 150 valence electrons. The second-order valence-corrected chi connectivity index (χ2v) is 10.4. The fourth-order valence-corrected chi connectivity index (χ4v) is 6.71. The third-order valence-corrected chi connectivity index (χ3v) is 8.38. The molecule has 1 N–H and O–H groups in total. The van der Waals surface area contributed by atoms with Gasteiger partial charge in [-0.15, -0.1) is 0 Å². The zero-order valence-corrected chi connectivity index (χ0v) is 18.2. The minimum absolute atomic E-state index is 0.178. The number of aryl methyl sites for hydroxylation is 1. The number of amides is 1. The lowest BCUT2D eigenvalue weighted by molar-refractivity contribution is -0.114. The smallest absolute Gasteiger partial charge is 0.243 e. The van der Waals surface area contributed by atoms with E-state index in [-0.39, 0.29) is 16.1 Å². The molecular weight excluding hydrogens is 416 g/mol. The van der Waals surface area contributed by atoms with Crippen LogP contribution in [0.5, 0.6) is 0 Å². The molecule has 0 saturated carbocycles. The van der Waals surface area contributed by atoms with Crippen molar-refractivity contribution >= 4 is 45.0 Å². The average molecular weight is 439 g/mol. The Labute approximate surface area is 175 Å². The Hall–Kier alpha value is -1.54. The number of thioether (sulfide) groups is 1. The second-order valence-electron chi connectivity index (χ2n) is 6.74. The van der Waals surface area contributed by atoms with Gasteiger partial charge < -0.3 is 5.32 Å². The van der Waals surface area contributed by atoms with Crippen LogP contribution in [-0.2, 0) is 14.8 Å². The van der Waals surface area contributed by atoms with Crippen LogP contribution in [0.2, 0.25) is 5.02 Å². The number of nitrogens with one attached hydrogen (secondary N) is 1. The van der Waals surface area contributed by atoms with Crippen molar-refractivity contribution < 1.29 is 13.2 Å². The van der Waals surface area contributed by atoms with E-state index < -0.39 is 10.0 Å². The van der Waals surface area contributed by atoms with Crippen LogP contribution >= 0.6 is 23.4 Å². The topological polar surface area (TPSA) is 66.5 Å². The summed E-state index contributed by atoms with van der Waals surface area (Å²) in [5, 5.41) is 3.58. The molecule has 1 atom stereocenters. The van der Waals surface area contributed by atoms with Crippen molar-refractivity contribution in [2.45, 2.75) is 30.4 Å². The highest BCUT2D eigenvalue weighted by atomic mass is 35.5. The lowest BCUT2D eigenvalue weighted by Crippen LogP contribution is -2.33. The van der Waals surface area contributed by atoms with E-state index in [9.17, 15) is 13.2 Å². The number of hydrogen-bond donors (Lipinski definition) is 1. The fourth-order valence-electron chi connectivity index (χ4n) is 3.33. The highest BCUT2D eigenvalue weighted by Crippen LogP contribution is 2.38. The van der Waals surface area contributed by atoms with E-state index in [2.05, 4.69) is 5.32 Å². The average Bonchev–Trinajstić information content (AvgIpc) is 2.88. The van der Waals surface area contributed by atoms with Crippen LogP contribution in [0.25, 0.3) is 0 Å². The number of carbonyl (C=O) groups excluding carboxylic acids is 1. The Bertz CT molecular complexity index is 979. The van der Waals surface area contributed by atoms with Gasteiger partial charge in [0.2, 0.25) is 15.9 Å². The fraction of sp³-hybridized carbons (Fsp3) is 0.350. The molecule has 2 aromatic carbocycles. The van der Waals surface area contributed by atoms with Crippen LogP contribution in [0.15, 0.2) is 47.4 Å². The molecule has 0 spiro atoms. The number of anilines is 1. The summed E-state index contributed by atoms with van der Waals surface area (Å²) in [4.78, 5) is 11.5. The molecule has 1 unspecified atom stereocenters. The number of benzene rings is 2. The van der Waals surface area contributed by atoms with Crippen LogP contribution in [-0.4, -0.2) is 37.5 Å². The molecular formula is C20H23ClN2O3S2. The van der Waals surface area contributed by atoms with Gasteiger partial charge in [0, 0.05) is 41.7 Å². The number of hydrogen-bond acceptors (Lipinski definition) is 4. The number of nitrogens with zero attached hydrogens (tertiary/aromatic N) is 1. The first-order valence-electron chi connectivity index (χ1n) is 9.03. The third kappa shape index (κ3) is 4.71. The van der Waals surface area contributed by atoms with Gasteiger partial charge in [-0.2, -0.15) is 16.1 Å². The first-order valence-corrected chi connectivity index (χ1v) is 11.9. The van der Waals surface area contributed by atoms with E-state index in [1.807, 2.05) is 24.3 Å². The molecule has 1 amide bonds. The monoisotopic (exact) mass is 438 g/mol. The number of carbonyl (C=O) groups is 1. The predicted octanol–water partition coefficient (Wildman–Crippen LogP) is 4.48. The molecule has 0 aromatic heterocycles. The van der Waals surface area contributed by atoms with Gasteiger partial charge in [-0.3, -0.25) is 4.79 Å².